The zero-order valence-corrected chi connectivity index (χ0v) is 17.5. The maximum absolute atomic E-state index is 13.2. The van der Waals surface area contributed by atoms with Crippen molar-refractivity contribution in [3.63, 3.8) is 0 Å². The number of hydrogen-bond donors (Lipinski definition) is 3. The van der Waals surface area contributed by atoms with Gasteiger partial charge in [-0.05, 0) is 35.4 Å². The molecule has 3 aromatic rings. The molecule has 1 aliphatic heterocycles. The van der Waals surface area contributed by atoms with E-state index in [1.807, 2.05) is 11.0 Å². The van der Waals surface area contributed by atoms with Crippen LogP contribution < -0.4 is 27.2 Å². The summed E-state index contributed by atoms with van der Waals surface area (Å²) in [5.74, 6) is 0.209. The van der Waals surface area contributed by atoms with Crippen LogP contribution in [-0.2, 0) is 25.4 Å². The third-order valence-electron chi connectivity index (χ3n) is 5.43. The highest BCUT2D eigenvalue weighted by Crippen LogP contribution is 2.37. The van der Waals surface area contributed by atoms with Crippen LogP contribution in [0.3, 0.4) is 0 Å². The molecule has 1 aliphatic rings. The first-order chi connectivity index (χ1) is 15.9. The molecule has 0 atom stereocenters. The predicted octanol–water partition coefficient (Wildman–Crippen LogP) is 3.30. The zero-order chi connectivity index (χ0) is 24.7. The molecule has 0 amide bonds. The Balaban J connectivity index is 1.78. The molecule has 0 saturated carbocycles. The Hall–Kier alpha value is -3.89. The summed E-state index contributed by atoms with van der Waals surface area (Å²) in [5, 5.41) is 3.30. The average molecular weight is 479 g/mol. The maximum atomic E-state index is 13.2. The lowest BCUT2D eigenvalue weighted by molar-refractivity contribution is -0.143. The first-order valence-electron chi connectivity index (χ1n) is 10.0. The van der Waals surface area contributed by atoms with Gasteiger partial charge >= 0.3 is 12.4 Å². The van der Waals surface area contributed by atoms with E-state index in [0.29, 0.717) is 41.5 Å². The Morgan fingerprint density at radius 1 is 0.824 bits per heavy atom. The van der Waals surface area contributed by atoms with E-state index in [9.17, 15) is 26.3 Å². The van der Waals surface area contributed by atoms with Gasteiger partial charge in [0.05, 0.1) is 11.1 Å². The molecule has 11 heteroatoms. The number of nitrogens with zero attached hydrogens (tertiary/aromatic N) is 2. The van der Waals surface area contributed by atoms with Gasteiger partial charge < -0.3 is 21.7 Å². The number of benzene rings is 2. The first-order valence-corrected chi connectivity index (χ1v) is 10.0. The number of anilines is 1. The molecule has 5 nitrogen and oxygen atoms in total. The second kappa shape index (κ2) is 8.47. The normalized spacial score (nSPS) is 15.6. The molecule has 34 heavy (non-hydrogen) atoms. The highest BCUT2D eigenvalue weighted by Gasteiger charge is 2.37. The summed E-state index contributed by atoms with van der Waals surface area (Å²) in [6.45, 7) is 1.02. The molecule has 4 rings (SSSR count). The van der Waals surface area contributed by atoms with E-state index in [1.54, 1.807) is 36.7 Å². The van der Waals surface area contributed by atoms with Crippen LogP contribution in [0.25, 0.3) is 11.6 Å². The fraction of sp³-hybridized carbons (Fsp3) is 0.174. The van der Waals surface area contributed by atoms with Gasteiger partial charge in [-0.15, -0.1) is 0 Å². The van der Waals surface area contributed by atoms with Gasteiger partial charge in [-0.1, -0.05) is 24.3 Å². The number of rotatable bonds is 3. The van der Waals surface area contributed by atoms with Crippen LogP contribution in [0.5, 0.6) is 0 Å². The Kier molecular flexibility index (Phi) is 5.80. The minimum absolute atomic E-state index is 0.0565. The second-order valence-corrected chi connectivity index (χ2v) is 7.76. The van der Waals surface area contributed by atoms with Gasteiger partial charge in [0.25, 0.3) is 0 Å². The minimum Gasteiger partial charge on any atom is -0.385 e. The molecule has 0 unspecified atom stereocenters. The standard InChI is InChI=1S/C23H19F6N5/c24-22(25,26)15-7-16(23(27,28)29)9-17(8-15)33-20(30)18-3-1-2-4-19(18)21(31)34-11-13-5-6-32-10-14(13)12-34/h1-10,33H,11-12,30-31H2/b20-18+,21-19+. The van der Waals surface area contributed by atoms with Crippen LogP contribution in [0.1, 0.15) is 22.3 Å². The highest BCUT2D eigenvalue weighted by atomic mass is 19.4. The van der Waals surface area contributed by atoms with Gasteiger partial charge in [0.2, 0.25) is 0 Å². The largest absolute Gasteiger partial charge is 0.416 e. The van der Waals surface area contributed by atoms with Gasteiger partial charge in [0.1, 0.15) is 11.6 Å². The number of nitrogens with two attached hydrogens (primary N) is 2. The zero-order valence-electron chi connectivity index (χ0n) is 17.5. The van der Waals surface area contributed by atoms with Crippen LogP contribution in [0.4, 0.5) is 32.0 Å². The third-order valence-corrected chi connectivity index (χ3v) is 5.43. The van der Waals surface area contributed by atoms with Crippen molar-refractivity contribution in [2.24, 2.45) is 11.5 Å². The second-order valence-electron chi connectivity index (χ2n) is 7.76. The number of aromatic nitrogens is 1. The van der Waals surface area contributed by atoms with Crippen molar-refractivity contribution < 1.29 is 26.3 Å². The molecule has 0 spiro atoms. The number of alkyl halides is 6. The van der Waals surface area contributed by atoms with E-state index in [2.05, 4.69) is 10.3 Å². The minimum atomic E-state index is -4.97. The monoisotopic (exact) mass is 479 g/mol. The molecule has 0 fully saturated rings. The quantitative estimate of drug-likeness (QED) is 0.503. The Morgan fingerprint density at radius 2 is 1.41 bits per heavy atom. The summed E-state index contributed by atoms with van der Waals surface area (Å²) < 4.78 is 79.1. The van der Waals surface area contributed by atoms with E-state index in [4.69, 9.17) is 11.5 Å². The van der Waals surface area contributed by atoms with Crippen LogP contribution in [0, 0.1) is 0 Å². The number of pyridine rings is 1. The van der Waals surface area contributed by atoms with Gasteiger partial charge in [-0.25, -0.2) is 0 Å². The molecule has 0 aliphatic carbocycles. The lowest BCUT2D eigenvalue weighted by Crippen LogP contribution is -2.39. The Bertz CT molecular complexity index is 1290. The topological polar surface area (TPSA) is 80.2 Å². The predicted molar refractivity (Wildman–Crippen MR) is 114 cm³/mol. The van der Waals surface area contributed by atoms with Gasteiger partial charge in [0, 0.05) is 41.6 Å². The number of fused-ring (bicyclic) bond motifs is 1. The number of nitrogens with one attached hydrogen (secondary N) is 1. The van der Waals surface area contributed by atoms with Gasteiger partial charge in [0.15, 0.2) is 0 Å². The lowest BCUT2D eigenvalue weighted by Gasteiger charge is -2.18. The highest BCUT2D eigenvalue weighted by molar-refractivity contribution is 5.65. The van der Waals surface area contributed by atoms with E-state index in [-0.39, 0.29) is 11.9 Å². The maximum Gasteiger partial charge on any atom is 0.416 e. The van der Waals surface area contributed by atoms with E-state index >= 15 is 0 Å². The molecular weight excluding hydrogens is 460 g/mol. The molecule has 0 saturated heterocycles. The van der Waals surface area contributed by atoms with Crippen molar-refractivity contribution in [2.45, 2.75) is 25.4 Å². The van der Waals surface area contributed by atoms with Crippen molar-refractivity contribution in [1.29, 1.82) is 0 Å². The Labute approximate surface area is 190 Å². The summed E-state index contributed by atoms with van der Waals surface area (Å²) in [7, 11) is 0. The van der Waals surface area contributed by atoms with Crippen molar-refractivity contribution in [3.05, 3.63) is 93.6 Å². The number of halogens is 6. The molecule has 178 valence electrons. The fourth-order valence-corrected chi connectivity index (χ4v) is 3.75. The molecule has 5 N–H and O–H groups in total. The SMILES string of the molecule is N/C(Nc1cc(C(F)(F)F)cc(C(F)(F)F)c1)=c1/cccc/c1=C(/N)N1Cc2ccncc2C1. The summed E-state index contributed by atoms with van der Waals surface area (Å²) in [5.41, 5.74) is 11.2. The average Bonchev–Trinajstić information content (AvgIpc) is 3.21. The van der Waals surface area contributed by atoms with E-state index in [1.165, 1.54) is 0 Å². The fourth-order valence-electron chi connectivity index (χ4n) is 3.75. The smallest absolute Gasteiger partial charge is 0.385 e. The van der Waals surface area contributed by atoms with Crippen molar-refractivity contribution in [1.82, 2.24) is 9.88 Å². The Morgan fingerprint density at radius 3 is 2.00 bits per heavy atom. The van der Waals surface area contributed by atoms with Gasteiger partial charge in [-0.3, -0.25) is 4.98 Å². The molecule has 2 aromatic carbocycles. The van der Waals surface area contributed by atoms with Crippen molar-refractivity contribution >= 4 is 17.3 Å². The lowest BCUT2D eigenvalue weighted by atomic mass is 10.1. The van der Waals surface area contributed by atoms with Crippen molar-refractivity contribution in [2.75, 3.05) is 5.32 Å². The summed E-state index contributed by atoms with van der Waals surface area (Å²) in [6.07, 6.45) is -6.53. The van der Waals surface area contributed by atoms with Gasteiger partial charge in [-0.2, -0.15) is 26.3 Å². The van der Waals surface area contributed by atoms with E-state index < -0.39 is 29.2 Å². The summed E-state index contributed by atoms with van der Waals surface area (Å²) in [4.78, 5) is 5.97. The molecular formula is C23H19F6N5. The third kappa shape index (κ3) is 4.73. The first kappa shape index (κ1) is 23.3. The summed E-state index contributed by atoms with van der Waals surface area (Å²) in [6, 6.07) is 9.67. The molecule has 0 radical (unpaired) electrons. The molecule has 1 aromatic heterocycles. The van der Waals surface area contributed by atoms with Crippen LogP contribution in [0.15, 0.2) is 60.9 Å². The molecule has 0 bridgehead atoms. The molecule has 2 heterocycles. The van der Waals surface area contributed by atoms with Crippen LogP contribution >= 0.6 is 0 Å². The number of hydrogen-bond acceptors (Lipinski definition) is 5. The van der Waals surface area contributed by atoms with Crippen LogP contribution in [0.2, 0.25) is 0 Å². The van der Waals surface area contributed by atoms with E-state index in [0.717, 1.165) is 11.1 Å². The summed E-state index contributed by atoms with van der Waals surface area (Å²) >= 11 is 0. The van der Waals surface area contributed by atoms with Crippen molar-refractivity contribution in [3.8, 4) is 0 Å². The van der Waals surface area contributed by atoms with Crippen LogP contribution in [-0.4, -0.2) is 9.88 Å².